The first-order valence-electron chi connectivity index (χ1n) is 8.81. The first kappa shape index (κ1) is 22.8. The van der Waals surface area contributed by atoms with E-state index in [1.807, 2.05) is 12.3 Å². The summed E-state index contributed by atoms with van der Waals surface area (Å²) in [6.07, 6.45) is 2.32. The second-order valence-corrected chi connectivity index (χ2v) is 7.85. The van der Waals surface area contributed by atoms with Crippen molar-refractivity contribution in [3.05, 3.63) is 64.6 Å². The molecule has 2 aromatic rings. The third-order valence-corrected chi connectivity index (χ3v) is 4.95. The molecular formula is C20H22BrN3O4S. The van der Waals surface area contributed by atoms with Crippen molar-refractivity contribution in [1.29, 1.82) is 0 Å². The molecule has 1 atom stereocenters. The van der Waals surface area contributed by atoms with E-state index < -0.39 is 23.8 Å². The Labute approximate surface area is 182 Å². The van der Waals surface area contributed by atoms with Crippen LogP contribution in [0, 0.1) is 0 Å². The number of benzene rings is 2. The van der Waals surface area contributed by atoms with Gasteiger partial charge in [-0.05, 0) is 54.8 Å². The molecule has 2 aromatic carbocycles. The molecule has 0 heterocycles. The van der Waals surface area contributed by atoms with Gasteiger partial charge in [-0.1, -0.05) is 34.1 Å². The number of amides is 3. The van der Waals surface area contributed by atoms with Crippen molar-refractivity contribution in [3.63, 3.8) is 0 Å². The topological polar surface area (TPSA) is 96.5 Å². The number of hydrogen-bond acceptors (Lipinski definition) is 5. The van der Waals surface area contributed by atoms with Gasteiger partial charge in [-0.25, -0.2) is 0 Å². The summed E-state index contributed by atoms with van der Waals surface area (Å²) >= 11 is 4.85. The summed E-state index contributed by atoms with van der Waals surface area (Å²) in [4.78, 5) is 36.7. The van der Waals surface area contributed by atoms with Crippen LogP contribution in [-0.2, 0) is 9.59 Å². The number of carbonyl (C=O) groups excluding carboxylic acids is 3. The fraction of sp³-hybridized carbons (Fsp3) is 0.250. The van der Waals surface area contributed by atoms with E-state index in [0.717, 1.165) is 4.47 Å². The normalized spacial score (nSPS) is 11.2. The van der Waals surface area contributed by atoms with Gasteiger partial charge in [0.25, 0.3) is 17.7 Å². The number of halogens is 1. The van der Waals surface area contributed by atoms with E-state index in [9.17, 15) is 14.4 Å². The molecule has 0 radical (unpaired) electrons. The molecule has 29 heavy (non-hydrogen) atoms. The van der Waals surface area contributed by atoms with Gasteiger partial charge in [-0.15, -0.1) is 0 Å². The lowest BCUT2D eigenvalue weighted by molar-refractivity contribution is -0.130. The van der Waals surface area contributed by atoms with Gasteiger partial charge in [-0.3, -0.25) is 25.2 Å². The summed E-state index contributed by atoms with van der Waals surface area (Å²) in [5.41, 5.74) is 5.13. The molecule has 9 heteroatoms. The first-order chi connectivity index (χ1) is 14.0. The van der Waals surface area contributed by atoms with E-state index in [4.69, 9.17) is 4.74 Å². The Morgan fingerprint density at radius 2 is 1.72 bits per heavy atom. The number of rotatable bonds is 9. The number of carbonyl (C=O) groups is 3. The average Bonchev–Trinajstić information content (AvgIpc) is 2.74. The molecule has 3 N–H and O–H groups in total. The quantitative estimate of drug-likeness (QED) is 0.480. The van der Waals surface area contributed by atoms with Crippen LogP contribution in [0.15, 0.2) is 59.1 Å². The number of hydrogen-bond donors (Lipinski definition) is 3. The number of thioether (sulfide) groups is 1. The van der Waals surface area contributed by atoms with Gasteiger partial charge in [-0.2, -0.15) is 11.8 Å². The monoisotopic (exact) mass is 479 g/mol. The third kappa shape index (κ3) is 8.16. The second-order valence-electron chi connectivity index (χ2n) is 5.95. The minimum absolute atomic E-state index is 0.210. The Morgan fingerprint density at radius 1 is 1.03 bits per heavy atom. The fourth-order valence-electron chi connectivity index (χ4n) is 2.29. The zero-order chi connectivity index (χ0) is 21.1. The molecule has 3 amide bonds. The Kier molecular flexibility index (Phi) is 9.52. The zero-order valence-electron chi connectivity index (χ0n) is 15.8. The van der Waals surface area contributed by atoms with Crippen molar-refractivity contribution in [2.45, 2.75) is 12.5 Å². The van der Waals surface area contributed by atoms with E-state index in [-0.39, 0.29) is 6.61 Å². The van der Waals surface area contributed by atoms with Gasteiger partial charge >= 0.3 is 0 Å². The Hall–Kier alpha value is -2.52. The highest BCUT2D eigenvalue weighted by Gasteiger charge is 2.21. The summed E-state index contributed by atoms with van der Waals surface area (Å²) in [5.74, 6) is -0.145. The summed E-state index contributed by atoms with van der Waals surface area (Å²) in [5, 5.41) is 2.65. The summed E-state index contributed by atoms with van der Waals surface area (Å²) in [6.45, 7) is -0.210. The zero-order valence-corrected chi connectivity index (χ0v) is 18.2. The van der Waals surface area contributed by atoms with Crippen molar-refractivity contribution in [2.24, 2.45) is 0 Å². The maximum Gasteiger partial charge on any atom is 0.269 e. The molecule has 0 saturated carbocycles. The molecule has 154 valence electrons. The van der Waals surface area contributed by atoms with Crippen LogP contribution in [0.4, 0.5) is 0 Å². The van der Waals surface area contributed by atoms with Crippen molar-refractivity contribution < 1.29 is 19.1 Å². The highest BCUT2D eigenvalue weighted by Crippen LogP contribution is 2.10. The van der Waals surface area contributed by atoms with Gasteiger partial charge in [0.15, 0.2) is 6.61 Å². The van der Waals surface area contributed by atoms with Crippen LogP contribution < -0.4 is 20.9 Å². The van der Waals surface area contributed by atoms with Crippen LogP contribution in [-0.4, -0.2) is 42.4 Å². The SMILES string of the molecule is CSCCC(NC(=O)COc1ccccc1)C(=O)NNC(=O)c1ccc(Br)cc1. The van der Waals surface area contributed by atoms with E-state index in [1.165, 1.54) is 0 Å². The van der Waals surface area contributed by atoms with Crippen LogP contribution in [0.25, 0.3) is 0 Å². The van der Waals surface area contributed by atoms with Gasteiger partial charge < -0.3 is 10.1 Å². The molecule has 0 fully saturated rings. The predicted octanol–water partition coefficient (Wildman–Crippen LogP) is 2.53. The number of nitrogens with one attached hydrogen (secondary N) is 3. The van der Waals surface area contributed by atoms with Crippen LogP contribution in [0.3, 0.4) is 0 Å². The Balaban J connectivity index is 1.86. The molecule has 7 nitrogen and oxygen atoms in total. The molecule has 0 aromatic heterocycles. The van der Waals surface area contributed by atoms with Crippen LogP contribution in [0.1, 0.15) is 16.8 Å². The number of para-hydroxylation sites is 1. The van der Waals surface area contributed by atoms with Gasteiger partial charge in [0.2, 0.25) is 0 Å². The largest absolute Gasteiger partial charge is 0.484 e. The maximum atomic E-state index is 12.5. The van der Waals surface area contributed by atoms with E-state index in [1.54, 1.807) is 60.3 Å². The highest BCUT2D eigenvalue weighted by atomic mass is 79.9. The summed E-state index contributed by atoms with van der Waals surface area (Å²) in [6, 6.07) is 14.8. The Bertz CT molecular complexity index is 818. The standard InChI is InChI=1S/C20H22BrN3O4S/c1-29-12-11-17(22-18(25)13-28-16-5-3-2-4-6-16)20(27)24-23-19(26)14-7-9-15(21)10-8-14/h2-10,17H,11-13H2,1H3,(H,22,25)(H,23,26)(H,24,27). The number of ether oxygens (including phenoxy) is 1. The molecule has 0 spiro atoms. The van der Waals surface area contributed by atoms with Crippen molar-refractivity contribution in [2.75, 3.05) is 18.6 Å². The lowest BCUT2D eigenvalue weighted by atomic mass is 10.2. The lowest BCUT2D eigenvalue weighted by Crippen LogP contribution is -2.53. The van der Waals surface area contributed by atoms with E-state index >= 15 is 0 Å². The lowest BCUT2D eigenvalue weighted by Gasteiger charge is -2.18. The molecule has 0 bridgehead atoms. The van der Waals surface area contributed by atoms with Crippen molar-refractivity contribution in [3.8, 4) is 5.75 Å². The fourth-order valence-corrected chi connectivity index (χ4v) is 3.02. The highest BCUT2D eigenvalue weighted by molar-refractivity contribution is 9.10. The van der Waals surface area contributed by atoms with Crippen molar-refractivity contribution in [1.82, 2.24) is 16.2 Å². The number of hydrazine groups is 1. The van der Waals surface area contributed by atoms with Gasteiger partial charge in [0, 0.05) is 10.0 Å². The average molecular weight is 480 g/mol. The smallest absolute Gasteiger partial charge is 0.269 e. The molecule has 0 saturated heterocycles. The maximum absolute atomic E-state index is 12.5. The molecule has 0 aliphatic heterocycles. The van der Waals surface area contributed by atoms with Crippen LogP contribution in [0.2, 0.25) is 0 Å². The van der Waals surface area contributed by atoms with Gasteiger partial charge in [0.05, 0.1) is 0 Å². The third-order valence-electron chi connectivity index (χ3n) is 3.78. The molecule has 1 unspecified atom stereocenters. The molecule has 0 aliphatic rings. The van der Waals surface area contributed by atoms with E-state index in [0.29, 0.717) is 23.5 Å². The van der Waals surface area contributed by atoms with Crippen molar-refractivity contribution >= 4 is 45.4 Å². The molecule has 0 aliphatic carbocycles. The minimum Gasteiger partial charge on any atom is -0.484 e. The van der Waals surface area contributed by atoms with Gasteiger partial charge in [0.1, 0.15) is 11.8 Å². The van der Waals surface area contributed by atoms with E-state index in [2.05, 4.69) is 32.1 Å². The molecule has 2 rings (SSSR count). The Morgan fingerprint density at radius 3 is 2.38 bits per heavy atom. The molecular weight excluding hydrogens is 458 g/mol. The summed E-state index contributed by atoms with van der Waals surface area (Å²) < 4.78 is 6.24. The predicted molar refractivity (Wildman–Crippen MR) is 117 cm³/mol. The summed E-state index contributed by atoms with van der Waals surface area (Å²) in [7, 11) is 0. The minimum atomic E-state index is -0.792. The van der Waals surface area contributed by atoms with Crippen LogP contribution >= 0.6 is 27.7 Å². The first-order valence-corrected chi connectivity index (χ1v) is 11.0. The second kappa shape index (κ2) is 12.1. The van der Waals surface area contributed by atoms with Crippen LogP contribution in [0.5, 0.6) is 5.75 Å².